The van der Waals surface area contributed by atoms with E-state index in [2.05, 4.69) is 5.16 Å². The van der Waals surface area contributed by atoms with Crippen LogP contribution in [0.3, 0.4) is 0 Å². The van der Waals surface area contributed by atoms with Crippen LogP contribution in [0.15, 0.2) is 47.6 Å². The van der Waals surface area contributed by atoms with Gasteiger partial charge in [-0.25, -0.2) is 4.31 Å². The fourth-order valence-electron chi connectivity index (χ4n) is 2.03. The molecule has 0 fully saturated rings. The maximum Gasteiger partial charge on any atom is 0.416 e. The Morgan fingerprint density at radius 3 is 2.33 bits per heavy atom. The minimum atomic E-state index is -4.45. The molecule has 1 aliphatic rings. The van der Waals surface area contributed by atoms with E-state index in [-0.39, 0.29) is 10.9 Å². The Balaban J connectivity index is 1.99. The molecule has 24 heavy (non-hydrogen) atoms. The third-order valence-electron chi connectivity index (χ3n) is 3.13. The highest BCUT2D eigenvalue weighted by atomic mass is 35.5. The Morgan fingerprint density at radius 1 is 1.08 bits per heavy atom. The summed E-state index contributed by atoms with van der Waals surface area (Å²) in [5.74, 6) is 0.0753. The average molecular weight is 395 g/mol. The largest absolute Gasteiger partial charge is 0.416 e. The number of alkyl halides is 3. The first-order valence-electron chi connectivity index (χ1n) is 6.37. The van der Waals surface area contributed by atoms with E-state index in [1.54, 1.807) is 0 Å². The maximum absolute atomic E-state index is 12.6. The van der Waals surface area contributed by atoms with Crippen LogP contribution in [0.1, 0.15) is 11.1 Å². The van der Waals surface area contributed by atoms with E-state index in [0.29, 0.717) is 16.3 Å². The van der Waals surface area contributed by atoms with Gasteiger partial charge in [-0.05, 0) is 35.5 Å². The van der Waals surface area contributed by atoms with E-state index in [1.807, 2.05) is 0 Å². The number of nitrogens with zero attached hydrogens (tertiary/aromatic N) is 2. The van der Waals surface area contributed by atoms with E-state index in [1.165, 1.54) is 34.6 Å². The highest BCUT2D eigenvalue weighted by Gasteiger charge is 2.33. The molecule has 10 heteroatoms. The SMILES string of the molecule is O=S1ON=C(c2ccc(C(F)(F)F)cc2)N1c1ccc(Cl)cc1Cl. The van der Waals surface area contributed by atoms with Gasteiger partial charge in [0.15, 0.2) is 5.84 Å². The summed E-state index contributed by atoms with van der Waals surface area (Å²) in [4.78, 5) is 0. The Morgan fingerprint density at radius 2 is 1.75 bits per heavy atom. The molecule has 4 nitrogen and oxygen atoms in total. The molecule has 1 unspecified atom stereocenters. The number of benzene rings is 2. The van der Waals surface area contributed by atoms with Crippen molar-refractivity contribution in [1.29, 1.82) is 0 Å². The Labute approximate surface area is 147 Å². The smallest absolute Gasteiger partial charge is 0.268 e. The van der Waals surface area contributed by atoms with E-state index < -0.39 is 23.0 Å². The molecule has 0 saturated heterocycles. The van der Waals surface area contributed by atoms with Gasteiger partial charge in [-0.2, -0.15) is 17.4 Å². The third-order valence-corrected chi connectivity index (χ3v) is 4.54. The quantitative estimate of drug-likeness (QED) is 0.734. The molecule has 0 spiro atoms. The minimum absolute atomic E-state index is 0.0753. The number of oxime groups is 1. The van der Waals surface area contributed by atoms with Crippen molar-refractivity contribution < 1.29 is 21.7 Å². The summed E-state index contributed by atoms with van der Waals surface area (Å²) < 4.78 is 55.9. The predicted molar refractivity (Wildman–Crippen MR) is 86.1 cm³/mol. The Bertz CT molecular complexity index is 841. The van der Waals surface area contributed by atoms with E-state index in [0.717, 1.165) is 12.1 Å². The van der Waals surface area contributed by atoms with Crippen molar-refractivity contribution in [1.82, 2.24) is 0 Å². The van der Waals surface area contributed by atoms with E-state index in [4.69, 9.17) is 27.5 Å². The van der Waals surface area contributed by atoms with E-state index in [9.17, 15) is 17.4 Å². The molecule has 2 aromatic carbocycles. The van der Waals surface area contributed by atoms with Crippen LogP contribution in [0.5, 0.6) is 0 Å². The second kappa shape index (κ2) is 6.27. The van der Waals surface area contributed by atoms with Gasteiger partial charge in [0, 0.05) is 10.6 Å². The number of hydrogen-bond donors (Lipinski definition) is 0. The molecular weight excluding hydrogens is 388 g/mol. The Hall–Kier alpha value is -1.77. The summed E-state index contributed by atoms with van der Waals surface area (Å²) in [7, 11) is 0. The summed E-state index contributed by atoms with van der Waals surface area (Å²) in [6.07, 6.45) is -4.45. The minimum Gasteiger partial charge on any atom is -0.268 e. The molecule has 0 aliphatic carbocycles. The summed E-state index contributed by atoms with van der Waals surface area (Å²) >= 11 is 9.92. The van der Waals surface area contributed by atoms with Crippen molar-refractivity contribution in [3.8, 4) is 0 Å². The van der Waals surface area contributed by atoms with Gasteiger partial charge in [0.1, 0.15) is 0 Å². The van der Waals surface area contributed by atoms with Crippen molar-refractivity contribution in [3.05, 3.63) is 63.6 Å². The summed E-state index contributed by atoms with van der Waals surface area (Å²) in [5.41, 5.74) is -0.210. The molecule has 3 rings (SSSR count). The van der Waals surface area contributed by atoms with Gasteiger partial charge in [-0.1, -0.05) is 35.3 Å². The van der Waals surface area contributed by atoms with Crippen LogP contribution in [-0.4, -0.2) is 10.0 Å². The summed E-state index contributed by atoms with van der Waals surface area (Å²) in [5, 5.41) is 4.24. The molecule has 1 atom stereocenters. The number of amidine groups is 1. The number of rotatable bonds is 2. The second-order valence-corrected chi connectivity index (χ2v) is 6.46. The normalized spacial score (nSPS) is 17.6. The second-order valence-electron chi connectivity index (χ2n) is 4.67. The van der Waals surface area contributed by atoms with Crippen LogP contribution in [-0.2, 0) is 21.7 Å². The van der Waals surface area contributed by atoms with Gasteiger partial charge in [-0.15, -0.1) is 0 Å². The van der Waals surface area contributed by atoms with Crippen LogP contribution in [0, 0.1) is 0 Å². The zero-order chi connectivity index (χ0) is 17.5. The first kappa shape index (κ1) is 17.1. The predicted octanol–water partition coefficient (Wildman–Crippen LogP) is 4.79. The summed E-state index contributed by atoms with van der Waals surface area (Å²) in [6.45, 7) is 0. The molecule has 0 N–H and O–H groups in total. The van der Waals surface area contributed by atoms with Gasteiger partial charge < -0.3 is 0 Å². The zero-order valence-corrected chi connectivity index (χ0v) is 13.9. The maximum atomic E-state index is 12.6. The molecular formula is C14H7Cl2F3N2O2S. The van der Waals surface area contributed by atoms with Gasteiger partial charge >= 0.3 is 17.4 Å². The topological polar surface area (TPSA) is 41.9 Å². The highest BCUT2D eigenvalue weighted by molar-refractivity contribution is 7.83. The molecule has 1 heterocycles. The number of anilines is 1. The monoisotopic (exact) mass is 394 g/mol. The molecule has 2 aromatic rings. The lowest BCUT2D eigenvalue weighted by atomic mass is 10.1. The summed E-state index contributed by atoms with van der Waals surface area (Å²) in [6, 6.07) is 8.72. The van der Waals surface area contributed by atoms with Crippen molar-refractivity contribution in [2.45, 2.75) is 6.18 Å². The standard InChI is InChI=1S/C14H7Cl2F3N2O2S/c15-10-5-6-12(11(16)7-10)21-13(20-23-24(21)22)8-1-3-9(4-2-8)14(17,18)19/h1-7H. The Kier molecular flexibility index (Phi) is 4.46. The highest BCUT2D eigenvalue weighted by Crippen LogP contribution is 2.34. The number of halogens is 5. The van der Waals surface area contributed by atoms with Crippen LogP contribution < -0.4 is 4.31 Å². The third kappa shape index (κ3) is 3.22. The van der Waals surface area contributed by atoms with Crippen molar-refractivity contribution in [2.75, 3.05) is 4.31 Å². The lowest BCUT2D eigenvalue weighted by Gasteiger charge is -2.17. The van der Waals surface area contributed by atoms with Crippen LogP contribution >= 0.6 is 23.2 Å². The van der Waals surface area contributed by atoms with Gasteiger partial charge in [0.05, 0.1) is 16.3 Å². The molecule has 0 radical (unpaired) electrons. The fourth-order valence-corrected chi connectivity index (χ4v) is 3.37. The first-order chi connectivity index (χ1) is 11.3. The van der Waals surface area contributed by atoms with Crippen LogP contribution in [0.2, 0.25) is 10.0 Å². The van der Waals surface area contributed by atoms with Gasteiger partial charge in [-0.3, -0.25) is 4.28 Å². The van der Waals surface area contributed by atoms with Crippen LogP contribution in [0.25, 0.3) is 0 Å². The average Bonchev–Trinajstić information content (AvgIpc) is 2.88. The molecule has 0 saturated carbocycles. The van der Waals surface area contributed by atoms with Crippen LogP contribution in [0.4, 0.5) is 18.9 Å². The molecule has 0 bridgehead atoms. The zero-order valence-electron chi connectivity index (χ0n) is 11.6. The lowest BCUT2D eigenvalue weighted by Crippen LogP contribution is -2.28. The molecule has 126 valence electrons. The molecule has 1 aliphatic heterocycles. The number of hydrogen-bond acceptors (Lipinski definition) is 3. The first-order valence-corrected chi connectivity index (χ1v) is 8.16. The van der Waals surface area contributed by atoms with Crippen molar-refractivity contribution >= 4 is 46.0 Å². The lowest BCUT2D eigenvalue weighted by molar-refractivity contribution is -0.137. The van der Waals surface area contributed by atoms with Crippen molar-refractivity contribution in [2.24, 2.45) is 5.16 Å². The van der Waals surface area contributed by atoms with E-state index >= 15 is 0 Å². The molecule has 0 amide bonds. The van der Waals surface area contributed by atoms with Gasteiger partial charge in [0.2, 0.25) is 0 Å². The molecule has 0 aromatic heterocycles. The fraction of sp³-hybridized carbons (Fsp3) is 0.0714. The van der Waals surface area contributed by atoms with Gasteiger partial charge in [0.25, 0.3) is 0 Å². The van der Waals surface area contributed by atoms with Crippen molar-refractivity contribution in [3.63, 3.8) is 0 Å².